The molecule has 1 N–H and O–H groups in total. The molecule has 31 heavy (non-hydrogen) atoms. The average molecular weight is 421 g/mol. The number of rotatable bonds is 7. The number of amides is 1. The van der Waals surface area contributed by atoms with Crippen molar-refractivity contribution in [3.63, 3.8) is 0 Å². The second-order valence-electron chi connectivity index (χ2n) is 8.09. The zero-order valence-corrected chi connectivity index (χ0v) is 18.0. The van der Waals surface area contributed by atoms with Gasteiger partial charge in [-0.1, -0.05) is 41.6 Å². The number of nitrogens with one attached hydrogen (secondary N) is 1. The smallest absolute Gasteiger partial charge is 0.227 e. The highest BCUT2D eigenvalue weighted by Crippen LogP contribution is 2.36. The van der Waals surface area contributed by atoms with Crippen molar-refractivity contribution in [1.29, 1.82) is 0 Å². The van der Waals surface area contributed by atoms with Crippen molar-refractivity contribution in [1.82, 2.24) is 10.5 Å². The van der Waals surface area contributed by atoms with E-state index in [1.54, 1.807) is 7.11 Å². The fraction of sp³-hybridized carbons (Fsp3) is 0.360. The van der Waals surface area contributed by atoms with Gasteiger partial charge in [0.2, 0.25) is 5.91 Å². The molecule has 0 atom stereocenters. The molecule has 3 aromatic rings. The number of ether oxygens (including phenoxy) is 2. The molecule has 0 bridgehead atoms. The Kier molecular flexibility index (Phi) is 6.37. The summed E-state index contributed by atoms with van der Waals surface area (Å²) < 4.78 is 16.4. The van der Waals surface area contributed by atoms with Crippen molar-refractivity contribution in [2.24, 2.45) is 5.41 Å². The van der Waals surface area contributed by atoms with Gasteiger partial charge in [-0.3, -0.25) is 4.79 Å². The molecule has 0 spiro atoms. The lowest BCUT2D eigenvalue weighted by molar-refractivity contribution is -0.137. The second-order valence-corrected chi connectivity index (χ2v) is 8.09. The fourth-order valence-corrected chi connectivity index (χ4v) is 4.08. The Morgan fingerprint density at radius 1 is 1.13 bits per heavy atom. The SMILES string of the molecule is COc1ccc(CNC(=O)C2(Cc3cc(-c4ccccc4C)no3)CCOCC2)cc1. The van der Waals surface area contributed by atoms with Crippen LogP contribution in [0.1, 0.15) is 29.7 Å². The van der Waals surface area contributed by atoms with Crippen LogP contribution in [-0.4, -0.2) is 31.4 Å². The van der Waals surface area contributed by atoms with Gasteiger partial charge in [-0.15, -0.1) is 0 Å². The molecule has 1 fully saturated rings. The summed E-state index contributed by atoms with van der Waals surface area (Å²) in [5.41, 5.74) is 3.45. The Morgan fingerprint density at radius 3 is 2.58 bits per heavy atom. The first-order valence-electron chi connectivity index (χ1n) is 10.6. The summed E-state index contributed by atoms with van der Waals surface area (Å²) in [6.45, 7) is 3.65. The van der Waals surface area contributed by atoms with E-state index in [1.165, 1.54) is 0 Å². The van der Waals surface area contributed by atoms with Gasteiger partial charge in [-0.2, -0.15) is 0 Å². The van der Waals surface area contributed by atoms with Gasteiger partial charge in [0, 0.05) is 37.8 Å². The predicted molar refractivity (Wildman–Crippen MR) is 118 cm³/mol. The third-order valence-electron chi connectivity index (χ3n) is 6.04. The van der Waals surface area contributed by atoms with Crippen LogP contribution in [-0.2, 0) is 22.5 Å². The minimum absolute atomic E-state index is 0.0282. The molecule has 6 nitrogen and oxygen atoms in total. The molecule has 2 heterocycles. The highest BCUT2D eigenvalue weighted by molar-refractivity contribution is 5.83. The summed E-state index contributed by atoms with van der Waals surface area (Å²) in [7, 11) is 1.64. The Bertz CT molecular complexity index is 1020. The Morgan fingerprint density at radius 2 is 1.87 bits per heavy atom. The van der Waals surface area contributed by atoms with E-state index in [1.807, 2.05) is 48.5 Å². The number of benzene rings is 2. The molecule has 6 heteroatoms. The van der Waals surface area contributed by atoms with Crippen LogP contribution in [0.2, 0.25) is 0 Å². The first kappa shape index (κ1) is 21.1. The lowest BCUT2D eigenvalue weighted by Crippen LogP contribution is -2.45. The Labute approximate surface area is 182 Å². The molecular weight excluding hydrogens is 392 g/mol. The number of carbonyl (C=O) groups is 1. The fourth-order valence-electron chi connectivity index (χ4n) is 4.08. The van der Waals surface area contributed by atoms with E-state index in [4.69, 9.17) is 14.0 Å². The summed E-state index contributed by atoms with van der Waals surface area (Å²) in [6, 6.07) is 17.7. The van der Waals surface area contributed by atoms with Crippen LogP contribution in [0.5, 0.6) is 5.75 Å². The van der Waals surface area contributed by atoms with E-state index < -0.39 is 5.41 Å². The monoisotopic (exact) mass is 420 g/mol. The van der Waals surface area contributed by atoms with Crippen LogP contribution in [0.15, 0.2) is 59.1 Å². The predicted octanol–water partition coefficient (Wildman–Crippen LogP) is 4.31. The first-order valence-corrected chi connectivity index (χ1v) is 10.6. The van der Waals surface area contributed by atoms with Gasteiger partial charge in [0.15, 0.2) is 0 Å². The minimum atomic E-state index is -0.562. The molecule has 1 saturated heterocycles. The minimum Gasteiger partial charge on any atom is -0.497 e. The molecule has 1 amide bonds. The summed E-state index contributed by atoms with van der Waals surface area (Å²) in [5, 5.41) is 7.38. The highest BCUT2D eigenvalue weighted by atomic mass is 16.5. The number of aryl methyl sites for hydroxylation is 1. The normalized spacial score (nSPS) is 15.4. The zero-order valence-electron chi connectivity index (χ0n) is 18.0. The third-order valence-corrected chi connectivity index (χ3v) is 6.04. The molecule has 1 aliphatic rings. The van der Waals surface area contributed by atoms with Crippen LogP contribution in [0.3, 0.4) is 0 Å². The molecule has 2 aromatic carbocycles. The Balaban J connectivity index is 1.48. The van der Waals surface area contributed by atoms with Gasteiger partial charge in [-0.25, -0.2) is 0 Å². The van der Waals surface area contributed by atoms with Gasteiger partial charge >= 0.3 is 0 Å². The van der Waals surface area contributed by atoms with E-state index in [2.05, 4.69) is 23.5 Å². The van der Waals surface area contributed by atoms with Crippen molar-refractivity contribution < 1.29 is 18.8 Å². The van der Waals surface area contributed by atoms with Crippen molar-refractivity contribution in [3.05, 3.63) is 71.5 Å². The second kappa shape index (κ2) is 9.35. The third kappa shape index (κ3) is 4.80. The summed E-state index contributed by atoms with van der Waals surface area (Å²) in [4.78, 5) is 13.3. The molecular formula is C25H28N2O4. The van der Waals surface area contributed by atoms with E-state index in [9.17, 15) is 4.79 Å². The van der Waals surface area contributed by atoms with Crippen LogP contribution < -0.4 is 10.1 Å². The van der Waals surface area contributed by atoms with E-state index >= 15 is 0 Å². The number of nitrogens with zero attached hydrogens (tertiary/aromatic N) is 1. The molecule has 4 rings (SSSR count). The highest BCUT2D eigenvalue weighted by Gasteiger charge is 2.41. The quantitative estimate of drug-likeness (QED) is 0.616. The van der Waals surface area contributed by atoms with E-state index in [0.29, 0.717) is 39.0 Å². The summed E-state index contributed by atoms with van der Waals surface area (Å²) >= 11 is 0. The molecule has 1 aliphatic heterocycles. The number of aromatic nitrogens is 1. The Hall–Kier alpha value is -3.12. The number of carbonyl (C=O) groups excluding carboxylic acids is 1. The first-order chi connectivity index (χ1) is 15.1. The van der Waals surface area contributed by atoms with Crippen LogP contribution in [0, 0.1) is 12.3 Å². The summed E-state index contributed by atoms with van der Waals surface area (Å²) in [6.07, 6.45) is 1.81. The number of methoxy groups -OCH3 is 1. The molecule has 0 aliphatic carbocycles. The van der Waals surface area contributed by atoms with Crippen molar-refractivity contribution in [2.45, 2.75) is 32.7 Å². The lowest BCUT2D eigenvalue weighted by Gasteiger charge is -2.35. The van der Waals surface area contributed by atoms with Crippen molar-refractivity contribution >= 4 is 5.91 Å². The van der Waals surface area contributed by atoms with Gasteiger partial charge < -0.3 is 19.3 Å². The van der Waals surface area contributed by atoms with Gasteiger partial charge in [0.1, 0.15) is 17.2 Å². The van der Waals surface area contributed by atoms with Gasteiger partial charge in [-0.05, 0) is 43.0 Å². The zero-order chi connectivity index (χ0) is 21.7. The maximum absolute atomic E-state index is 13.3. The molecule has 0 radical (unpaired) electrons. The molecule has 0 unspecified atom stereocenters. The van der Waals surface area contributed by atoms with Crippen molar-refractivity contribution in [3.8, 4) is 17.0 Å². The molecule has 162 valence electrons. The largest absolute Gasteiger partial charge is 0.497 e. The average Bonchev–Trinajstić information content (AvgIpc) is 3.26. The topological polar surface area (TPSA) is 73.6 Å². The van der Waals surface area contributed by atoms with E-state index in [0.717, 1.165) is 33.9 Å². The van der Waals surface area contributed by atoms with Crippen molar-refractivity contribution in [2.75, 3.05) is 20.3 Å². The number of hydrogen-bond donors (Lipinski definition) is 1. The molecule has 1 aromatic heterocycles. The maximum Gasteiger partial charge on any atom is 0.227 e. The standard InChI is InChI=1S/C25H28N2O4/c1-18-5-3-4-6-22(18)23-15-21(31-27-23)16-25(11-13-30-14-12-25)24(28)26-17-19-7-9-20(29-2)10-8-19/h3-10,15H,11-14,16-17H2,1-2H3,(H,26,28). The van der Waals surface area contributed by atoms with Crippen LogP contribution >= 0.6 is 0 Å². The number of hydrogen-bond acceptors (Lipinski definition) is 5. The van der Waals surface area contributed by atoms with Crippen LogP contribution in [0.25, 0.3) is 11.3 Å². The van der Waals surface area contributed by atoms with Gasteiger partial charge in [0.25, 0.3) is 0 Å². The van der Waals surface area contributed by atoms with E-state index in [-0.39, 0.29) is 5.91 Å². The van der Waals surface area contributed by atoms with Crippen LogP contribution in [0.4, 0.5) is 0 Å². The summed E-state index contributed by atoms with van der Waals surface area (Å²) in [5.74, 6) is 1.55. The maximum atomic E-state index is 13.3. The van der Waals surface area contributed by atoms with Gasteiger partial charge in [0.05, 0.1) is 12.5 Å². The lowest BCUT2D eigenvalue weighted by atomic mass is 9.75. The molecule has 0 saturated carbocycles.